The molecule has 0 aliphatic heterocycles. The minimum absolute atomic E-state index is 0.230. The molecule has 2 nitrogen and oxygen atoms in total. The Balaban J connectivity index is 2.73. The van der Waals surface area contributed by atoms with Crippen molar-refractivity contribution >= 4 is 46.4 Å². The first-order chi connectivity index (χ1) is 8.54. The maximum Gasteiger partial charge on any atom is 0.0703 e. The van der Waals surface area contributed by atoms with Crippen molar-refractivity contribution in [3.8, 4) is 11.1 Å². The van der Waals surface area contributed by atoms with E-state index >= 15 is 0 Å². The molecule has 0 fully saturated rings. The van der Waals surface area contributed by atoms with Gasteiger partial charge in [-0.2, -0.15) is 0 Å². The van der Waals surface area contributed by atoms with Crippen molar-refractivity contribution in [1.82, 2.24) is 4.98 Å². The van der Waals surface area contributed by atoms with Gasteiger partial charge in [-0.15, -0.1) is 0 Å². The summed E-state index contributed by atoms with van der Waals surface area (Å²) in [5.74, 6) is 0. The van der Waals surface area contributed by atoms with E-state index < -0.39 is 0 Å². The van der Waals surface area contributed by atoms with E-state index in [9.17, 15) is 5.11 Å². The summed E-state index contributed by atoms with van der Waals surface area (Å²) < 4.78 is 0. The van der Waals surface area contributed by atoms with Gasteiger partial charge < -0.3 is 5.11 Å². The summed E-state index contributed by atoms with van der Waals surface area (Å²) in [6.45, 7) is -0.230. The van der Waals surface area contributed by atoms with Crippen LogP contribution >= 0.6 is 46.4 Å². The van der Waals surface area contributed by atoms with E-state index in [1.165, 1.54) is 6.20 Å². The monoisotopic (exact) mass is 321 g/mol. The van der Waals surface area contributed by atoms with Crippen LogP contribution in [0.4, 0.5) is 0 Å². The van der Waals surface area contributed by atoms with Crippen molar-refractivity contribution in [3.05, 3.63) is 50.2 Å². The van der Waals surface area contributed by atoms with E-state index in [0.29, 0.717) is 36.8 Å². The Morgan fingerprint density at radius 3 is 2.11 bits per heavy atom. The molecule has 0 amide bonds. The smallest absolute Gasteiger partial charge is 0.0703 e. The zero-order valence-electron chi connectivity index (χ0n) is 8.92. The summed E-state index contributed by atoms with van der Waals surface area (Å²) in [5, 5.41) is 10.9. The van der Waals surface area contributed by atoms with Gasteiger partial charge in [0, 0.05) is 34.1 Å². The zero-order chi connectivity index (χ0) is 13.3. The number of aliphatic hydroxyl groups excluding tert-OH is 1. The van der Waals surface area contributed by atoms with Crippen molar-refractivity contribution in [2.24, 2.45) is 0 Å². The van der Waals surface area contributed by atoms with Crippen LogP contribution in [-0.2, 0) is 6.61 Å². The molecule has 2 rings (SSSR count). The minimum Gasteiger partial charge on any atom is -0.392 e. The maximum atomic E-state index is 9.37. The summed E-state index contributed by atoms with van der Waals surface area (Å²) in [5.41, 5.74) is 1.68. The number of halogens is 4. The van der Waals surface area contributed by atoms with Crippen molar-refractivity contribution < 1.29 is 5.11 Å². The number of rotatable bonds is 2. The lowest BCUT2D eigenvalue weighted by molar-refractivity contribution is 0.282. The molecule has 0 saturated carbocycles. The quantitative estimate of drug-likeness (QED) is 0.857. The van der Waals surface area contributed by atoms with Crippen LogP contribution in [0.25, 0.3) is 11.1 Å². The summed E-state index contributed by atoms with van der Waals surface area (Å²) in [7, 11) is 0. The molecule has 0 bridgehead atoms. The fourth-order valence-corrected chi connectivity index (χ4v) is 2.88. The van der Waals surface area contributed by atoms with Gasteiger partial charge in [-0.05, 0) is 12.1 Å². The van der Waals surface area contributed by atoms with Crippen molar-refractivity contribution in [1.29, 1.82) is 0 Å². The second-order valence-electron chi connectivity index (χ2n) is 3.55. The molecule has 0 atom stereocenters. The molecule has 0 aliphatic carbocycles. The lowest BCUT2D eigenvalue weighted by Crippen LogP contribution is -1.94. The Morgan fingerprint density at radius 2 is 1.56 bits per heavy atom. The summed E-state index contributed by atoms with van der Waals surface area (Å²) in [4.78, 5) is 3.98. The molecule has 6 heteroatoms. The Morgan fingerprint density at radius 1 is 0.944 bits per heavy atom. The first kappa shape index (κ1) is 13.9. The molecular weight excluding hydrogens is 316 g/mol. The molecule has 0 spiro atoms. The highest BCUT2D eigenvalue weighted by Crippen LogP contribution is 2.39. The first-order valence-electron chi connectivity index (χ1n) is 4.92. The van der Waals surface area contributed by atoms with Crippen molar-refractivity contribution in [3.63, 3.8) is 0 Å². The van der Waals surface area contributed by atoms with E-state index in [4.69, 9.17) is 46.4 Å². The molecule has 1 aromatic carbocycles. The number of aliphatic hydroxyl groups is 1. The predicted molar refractivity (Wildman–Crippen MR) is 75.6 cm³/mol. The Hall–Kier alpha value is -0.510. The summed E-state index contributed by atoms with van der Waals surface area (Å²) in [6, 6.07) is 3.15. The topological polar surface area (TPSA) is 33.1 Å². The van der Waals surface area contributed by atoms with Crippen LogP contribution in [0.15, 0.2) is 24.5 Å². The summed E-state index contributed by atoms with van der Waals surface area (Å²) >= 11 is 24.1. The normalized spacial score (nSPS) is 10.7. The van der Waals surface area contributed by atoms with Gasteiger partial charge in [0.15, 0.2) is 0 Å². The Labute approximate surface area is 124 Å². The number of aromatic nitrogens is 1. The Kier molecular flexibility index (Phi) is 4.36. The molecule has 1 N–H and O–H groups in total. The number of hydrogen-bond donors (Lipinski definition) is 1. The molecule has 0 radical (unpaired) electrons. The molecular formula is C12H7Cl4NO. The average Bonchev–Trinajstić information content (AvgIpc) is 2.27. The average molecular weight is 323 g/mol. The largest absolute Gasteiger partial charge is 0.392 e. The molecule has 1 heterocycles. The van der Waals surface area contributed by atoms with E-state index in [-0.39, 0.29) is 6.61 Å². The van der Waals surface area contributed by atoms with Crippen LogP contribution in [0.2, 0.25) is 20.1 Å². The highest BCUT2D eigenvalue weighted by atomic mass is 35.5. The highest BCUT2D eigenvalue weighted by Gasteiger charge is 2.15. The summed E-state index contributed by atoms with van der Waals surface area (Å²) in [6.07, 6.45) is 3.01. The predicted octanol–water partition coefficient (Wildman–Crippen LogP) is 4.85. The highest BCUT2D eigenvalue weighted by molar-refractivity contribution is 6.42. The zero-order valence-corrected chi connectivity index (χ0v) is 11.9. The number of hydrogen-bond acceptors (Lipinski definition) is 2. The lowest BCUT2D eigenvalue weighted by Gasteiger charge is -2.12. The molecule has 18 heavy (non-hydrogen) atoms. The van der Waals surface area contributed by atoms with E-state index in [1.54, 1.807) is 18.3 Å². The molecule has 0 aliphatic rings. The third kappa shape index (κ3) is 2.58. The van der Waals surface area contributed by atoms with Gasteiger partial charge in [-0.3, -0.25) is 4.98 Å². The second-order valence-corrected chi connectivity index (χ2v) is 5.21. The Bertz CT molecular complexity index is 578. The molecule has 2 aromatic rings. The third-order valence-corrected chi connectivity index (χ3v) is 3.58. The van der Waals surface area contributed by atoms with Crippen LogP contribution in [0, 0.1) is 0 Å². The van der Waals surface area contributed by atoms with Gasteiger partial charge in [0.05, 0.1) is 21.7 Å². The van der Waals surface area contributed by atoms with Gasteiger partial charge in [0.2, 0.25) is 0 Å². The van der Waals surface area contributed by atoms with Gasteiger partial charge in [0.1, 0.15) is 0 Å². The maximum absolute atomic E-state index is 9.37. The van der Waals surface area contributed by atoms with E-state index in [1.807, 2.05) is 0 Å². The van der Waals surface area contributed by atoms with Gasteiger partial charge >= 0.3 is 0 Å². The van der Waals surface area contributed by atoms with Crippen LogP contribution in [-0.4, -0.2) is 10.1 Å². The van der Waals surface area contributed by atoms with Crippen molar-refractivity contribution in [2.75, 3.05) is 0 Å². The van der Waals surface area contributed by atoms with Gasteiger partial charge in [0.25, 0.3) is 0 Å². The lowest BCUT2D eigenvalue weighted by atomic mass is 10.0. The third-order valence-electron chi connectivity index (χ3n) is 2.44. The van der Waals surface area contributed by atoms with Gasteiger partial charge in [-0.25, -0.2) is 0 Å². The minimum atomic E-state index is -0.230. The molecule has 0 saturated heterocycles. The SMILES string of the molecule is OCc1c(Cl)cncc1-c1c(Cl)cc(Cl)cc1Cl. The number of pyridine rings is 1. The second kappa shape index (κ2) is 5.64. The number of benzene rings is 1. The van der Waals surface area contributed by atoms with E-state index in [0.717, 1.165) is 0 Å². The molecule has 0 unspecified atom stereocenters. The van der Waals surface area contributed by atoms with E-state index in [2.05, 4.69) is 4.98 Å². The standard InChI is InChI=1S/C12H7Cl4NO/c13-6-1-9(14)12(10(15)2-6)7-3-17-4-11(16)8(7)5-18/h1-4,18H,5H2. The van der Waals surface area contributed by atoms with Crippen LogP contribution < -0.4 is 0 Å². The molecule has 1 aromatic heterocycles. The van der Waals surface area contributed by atoms with Crippen molar-refractivity contribution in [2.45, 2.75) is 6.61 Å². The number of nitrogens with zero attached hydrogens (tertiary/aromatic N) is 1. The van der Waals surface area contributed by atoms with Crippen LogP contribution in [0.3, 0.4) is 0 Å². The first-order valence-corrected chi connectivity index (χ1v) is 6.44. The van der Waals surface area contributed by atoms with Crippen LogP contribution in [0.5, 0.6) is 0 Å². The molecule has 94 valence electrons. The fraction of sp³-hybridized carbons (Fsp3) is 0.0833. The fourth-order valence-electron chi connectivity index (χ4n) is 1.64. The van der Waals surface area contributed by atoms with Gasteiger partial charge in [-0.1, -0.05) is 46.4 Å². The van der Waals surface area contributed by atoms with Crippen LogP contribution in [0.1, 0.15) is 5.56 Å².